The van der Waals surface area contributed by atoms with E-state index in [-0.39, 0.29) is 0 Å². The molecule has 12 aromatic rings. The zero-order chi connectivity index (χ0) is 39.6. The molecule has 0 spiro atoms. The highest BCUT2D eigenvalue weighted by atomic mass is 16.3. The van der Waals surface area contributed by atoms with Gasteiger partial charge >= 0.3 is 0 Å². The van der Waals surface area contributed by atoms with E-state index in [4.69, 9.17) is 4.42 Å². The van der Waals surface area contributed by atoms with Gasteiger partial charge in [0.05, 0.1) is 0 Å². The van der Waals surface area contributed by atoms with Gasteiger partial charge in [-0.15, -0.1) is 0 Å². The maximum absolute atomic E-state index is 6.41. The summed E-state index contributed by atoms with van der Waals surface area (Å²) in [7, 11) is 0. The van der Waals surface area contributed by atoms with Crippen molar-refractivity contribution in [3.8, 4) is 33.4 Å². The third-order valence-corrected chi connectivity index (χ3v) is 12.2. The largest absolute Gasteiger partial charge is 0.456 e. The van der Waals surface area contributed by atoms with Crippen molar-refractivity contribution in [2.24, 2.45) is 0 Å². The number of rotatable bonds is 6. The maximum Gasteiger partial charge on any atom is 0.137 e. The minimum atomic E-state index is 0.869. The van der Waals surface area contributed by atoms with Crippen molar-refractivity contribution in [3.05, 3.63) is 224 Å². The van der Waals surface area contributed by atoms with Gasteiger partial charge in [0.2, 0.25) is 0 Å². The van der Waals surface area contributed by atoms with Crippen LogP contribution >= 0.6 is 0 Å². The first-order valence-electron chi connectivity index (χ1n) is 20.6. The van der Waals surface area contributed by atoms with E-state index in [1.54, 1.807) is 0 Å². The topological polar surface area (TPSA) is 16.4 Å². The summed E-state index contributed by atoms with van der Waals surface area (Å²) in [6, 6.07) is 81.2. The van der Waals surface area contributed by atoms with Crippen LogP contribution in [0.25, 0.3) is 98.4 Å². The summed E-state index contributed by atoms with van der Waals surface area (Å²) in [5.74, 6) is 0. The Hall–Kier alpha value is -7.94. The number of nitrogens with zero attached hydrogens (tertiary/aromatic N) is 1. The highest BCUT2D eigenvalue weighted by molar-refractivity contribution is 6.25. The second-order valence-corrected chi connectivity index (χ2v) is 15.7. The van der Waals surface area contributed by atoms with Gasteiger partial charge in [-0.3, -0.25) is 0 Å². The van der Waals surface area contributed by atoms with Gasteiger partial charge in [0.25, 0.3) is 0 Å². The summed E-state index contributed by atoms with van der Waals surface area (Å²) < 4.78 is 6.41. The predicted octanol–water partition coefficient (Wildman–Crippen LogP) is 16.7. The molecule has 0 N–H and O–H groups in total. The van der Waals surface area contributed by atoms with Crippen LogP contribution in [0, 0.1) is 0 Å². The molecular weight excluding hydrogens is 727 g/mol. The molecule has 2 nitrogen and oxygen atoms in total. The molecule has 11 aromatic carbocycles. The smallest absolute Gasteiger partial charge is 0.137 e. The molecule has 0 saturated carbocycles. The summed E-state index contributed by atoms with van der Waals surface area (Å²) in [4.78, 5) is 2.33. The molecular formula is C58H37NO. The highest BCUT2D eigenvalue weighted by Gasteiger charge is 2.17. The first kappa shape index (κ1) is 34.1. The first-order valence-corrected chi connectivity index (χ1v) is 20.6. The van der Waals surface area contributed by atoms with Crippen LogP contribution in [0.4, 0.5) is 17.1 Å². The van der Waals surface area contributed by atoms with Crippen molar-refractivity contribution in [1.29, 1.82) is 0 Å². The molecule has 1 heterocycles. The van der Waals surface area contributed by atoms with E-state index in [1.165, 1.54) is 76.5 Å². The van der Waals surface area contributed by atoms with Crippen molar-refractivity contribution < 1.29 is 4.42 Å². The number of hydrogen-bond acceptors (Lipinski definition) is 2. The van der Waals surface area contributed by atoms with E-state index < -0.39 is 0 Å². The van der Waals surface area contributed by atoms with Gasteiger partial charge in [0.15, 0.2) is 0 Å². The van der Waals surface area contributed by atoms with Gasteiger partial charge in [0.1, 0.15) is 11.2 Å². The predicted molar refractivity (Wildman–Crippen MR) is 255 cm³/mol. The Kier molecular flexibility index (Phi) is 7.89. The summed E-state index contributed by atoms with van der Waals surface area (Å²) in [6.45, 7) is 0. The molecule has 0 atom stereocenters. The third-order valence-electron chi connectivity index (χ3n) is 12.2. The van der Waals surface area contributed by atoms with Crippen molar-refractivity contribution in [3.63, 3.8) is 0 Å². The van der Waals surface area contributed by atoms with Crippen molar-refractivity contribution in [2.75, 3.05) is 4.90 Å². The second-order valence-electron chi connectivity index (χ2n) is 15.7. The van der Waals surface area contributed by atoms with Crippen molar-refractivity contribution >= 4 is 82.1 Å². The minimum absolute atomic E-state index is 0.869. The quantitative estimate of drug-likeness (QED) is 0.157. The molecule has 0 aliphatic carbocycles. The lowest BCUT2D eigenvalue weighted by Crippen LogP contribution is -2.09. The highest BCUT2D eigenvalue weighted by Crippen LogP contribution is 2.42. The van der Waals surface area contributed by atoms with Crippen LogP contribution < -0.4 is 4.90 Å². The molecule has 0 aliphatic rings. The van der Waals surface area contributed by atoms with E-state index >= 15 is 0 Å². The molecule has 280 valence electrons. The average molecular weight is 764 g/mol. The Balaban J connectivity index is 0.943. The van der Waals surface area contributed by atoms with Crippen LogP contribution in [0.15, 0.2) is 229 Å². The minimum Gasteiger partial charge on any atom is -0.456 e. The number of para-hydroxylation sites is 1. The fourth-order valence-electron chi connectivity index (χ4n) is 9.34. The molecule has 0 saturated heterocycles. The van der Waals surface area contributed by atoms with E-state index in [1.807, 2.05) is 12.1 Å². The standard InChI is InChI=1S/C58H37NO/c1-2-15-47-40(11-1)12-10-21-48(47)43-14-9-13-41(35-43)38-23-28-44(29-24-38)59(46-32-34-55-54-20-7-8-22-57(54)60-58(55)37-46)45-30-25-39(26-31-45)42-27-33-53-51-18-4-3-16-49(51)50-17-5-6-19-52(50)56(53)36-42/h1-37H. The first-order chi connectivity index (χ1) is 29.7. The summed E-state index contributed by atoms with van der Waals surface area (Å²) in [5.41, 5.74) is 12.1. The summed E-state index contributed by atoms with van der Waals surface area (Å²) in [6.07, 6.45) is 0. The molecule has 0 aliphatic heterocycles. The van der Waals surface area contributed by atoms with Crippen LogP contribution in [0.3, 0.4) is 0 Å². The second kappa shape index (κ2) is 13.9. The number of anilines is 3. The molecule has 1 aromatic heterocycles. The van der Waals surface area contributed by atoms with E-state index in [2.05, 4.69) is 217 Å². The Morgan fingerprint density at radius 1 is 0.250 bits per heavy atom. The molecule has 0 fully saturated rings. The van der Waals surface area contributed by atoms with E-state index in [0.717, 1.165) is 39.0 Å². The Bertz CT molecular complexity index is 3560. The van der Waals surface area contributed by atoms with Crippen LogP contribution in [-0.2, 0) is 0 Å². The zero-order valence-corrected chi connectivity index (χ0v) is 32.7. The number of benzene rings is 11. The molecule has 0 amide bonds. The monoisotopic (exact) mass is 763 g/mol. The molecule has 0 bridgehead atoms. The maximum atomic E-state index is 6.41. The summed E-state index contributed by atoms with van der Waals surface area (Å²) in [5, 5.41) is 12.4. The fourth-order valence-corrected chi connectivity index (χ4v) is 9.34. The van der Waals surface area contributed by atoms with Gasteiger partial charge in [0, 0.05) is 33.9 Å². The number of hydrogen-bond donors (Lipinski definition) is 0. The van der Waals surface area contributed by atoms with Gasteiger partial charge < -0.3 is 9.32 Å². The molecule has 60 heavy (non-hydrogen) atoms. The van der Waals surface area contributed by atoms with Gasteiger partial charge in [-0.25, -0.2) is 0 Å². The Labute approximate surface area is 347 Å². The lowest BCUT2D eigenvalue weighted by molar-refractivity contribution is 0.669. The Morgan fingerprint density at radius 2 is 0.717 bits per heavy atom. The fraction of sp³-hybridized carbons (Fsp3) is 0. The van der Waals surface area contributed by atoms with Gasteiger partial charge in [-0.05, 0) is 131 Å². The lowest BCUT2D eigenvalue weighted by atomic mass is 9.92. The van der Waals surface area contributed by atoms with Crippen molar-refractivity contribution in [1.82, 2.24) is 0 Å². The summed E-state index contributed by atoms with van der Waals surface area (Å²) >= 11 is 0. The molecule has 2 heteroatoms. The van der Waals surface area contributed by atoms with E-state index in [0.29, 0.717) is 0 Å². The number of furan rings is 1. The lowest BCUT2D eigenvalue weighted by Gasteiger charge is -2.26. The molecule has 0 radical (unpaired) electrons. The van der Waals surface area contributed by atoms with Gasteiger partial charge in [-0.2, -0.15) is 0 Å². The van der Waals surface area contributed by atoms with Crippen LogP contribution in [-0.4, -0.2) is 0 Å². The van der Waals surface area contributed by atoms with Crippen LogP contribution in [0.1, 0.15) is 0 Å². The average Bonchev–Trinajstić information content (AvgIpc) is 3.70. The zero-order valence-electron chi connectivity index (χ0n) is 32.7. The van der Waals surface area contributed by atoms with Crippen LogP contribution in [0.5, 0.6) is 0 Å². The SMILES string of the molecule is c1cc(-c2ccc(N(c3ccc(-c4ccc5c6ccccc6c6ccccc6c5c4)cc3)c3ccc4c(c3)oc3ccccc34)cc2)cc(-c2cccc3ccccc23)c1. The van der Waals surface area contributed by atoms with Crippen LogP contribution in [0.2, 0.25) is 0 Å². The van der Waals surface area contributed by atoms with E-state index in [9.17, 15) is 0 Å². The number of fused-ring (bicyclic) bond motifs is 10. The van der Waals surface area contributed by atoms with Gasteiger partial charge in [-0.1, -0.05) is 164 Å². The normalized spacial score (nSPS) is 11.7. The molecule has 0 unspecified atom stereocenters. The van der Waals surface area contributed by atoms with Crippen molar-refractivity contribution in [2.45, 2.75) is 0 Å². The molecule has 12 rings (SSSR count). The Morgan fingerprint density at radius 3 is 1.42 bits per heavy atom. The third kappa shape index (κ3) is 5.65.